The first kappa shape index (κ1) is 24.9. The van der Waals surface area contributed by atoms with Gasteiger partial charge in [0.25, 0.3) is 5.91 Å². The summed E-state index contributed by atoms with van der Waals surface area (Å²) in [5, 5.41) is 13.8. The van der Waals surface area contributed by atoms with Gasteiger partial charge in [-0.25, -0.2) is 9.97 Å². The van der Waals surface area contributed by atoms with E-state index in [1.807, 2.05) is 55.4 Å². The summed E-state index contributed by atoms with van der Waals surface area (Å²) in [7, 11) is 3.91. The Balaban J connectivity index is 1.56. The number of nitrogens with one attached hydrogen (secondary N) is 3. The second-order valence-corrected chi connectivity index (χ2v) is 8.78. The predicted molar refractivity (Wildman–Crippen MR) is 144 cm³/mol. The van der Waals surface area contributed by atoms with Crippen LogP contribution in [0, 0.1) is 5.41 Å². The van der Waals surface area contributed by atoms with Gasteiger partial charge in [-0.3, -0.25) is 4.79 Å². The zero-order valence-corrected chi connectivity index (χ0v) is 20.5. The lowest BCUT2D eigenvalue weighted by Crippen LogP contribution is -2.34. The second-order valence-electron chi connectivity index (χ2n) is 8.78. The number of rotatable bonds is 10. The molecule has 9 heteroatoms. The van der Waals surface area contributed by atoms with Crippen molar-refractivity contribution in [2.75, 3.05) is 44.8 Å². The van der Waals surface area contributed by atoms with E-state index in [9.17, 15) is 4.79 Å². The standard InChI is InChI=1S/C27H31N7O2/c1-34(2)13-12-30-25(35)17-36-21-7-5-6-18(15-21)26-32-24-9-4-3-8-22(24)27(33-26)31-20-10-11-23(29)19(14-20)16-28/h4-7,9-11,14-16,28H,3,8,12-13,17,29H2,1-2H3,(H,30,35)(H,31,32,33). The van der Waals surface area contributed by atoms with Crippen molar-refractivity contribution in [3.05, 3.63) is 65.4 Å². The Hall–Kier alpha value is -4.24. The van der Waals surface area contributed by atoms with Crippen molar-refractivity contribution in [2.24, 2.45) is 0 Å². The Kier molecular flexibility index (Phi) is 7.92. The highest BCUT2D eigenvalue weighted by Crippen LogP contribution is 2.31. The van der Waals surface area contributed by atoms with Gasteiger partial charge in [0.05, 0.1) is 5.69 Å². The van der Waals surface area contributed by atoms with Crippen molar-refractivity contribution >= 4 is 35.4 Å². The van der Waals surface area contributed by atoms with Gasteiger partial charge in [0.15, 0.2) is 12.4 Å². The van der Waals surface area contributed by atoms with Crippen molar-refractivity contribution < 1.29 is 9.53 Å². The molecule has 0 spiro atoms. The molecule has 1 heterocycles. The van der Waals surface area contributed by atoms with Crippen LogP contribution in [0.3, 0.4) is 0 Å². The van der Waals surface area contributed by atoms with E-state index in [0.717, 1.165) is 41.9 Å². The van der Waals surface area contributed by atoms with Crippen LogP contribution in [0.1, 0.15) is 23.2 Å². The van der Waals surface area contributed by atoms with E-state index in [2.05, 4.69) is 16.7 Å². The summed E-state index contributed by atoms with van der Waals surface area (Å²) in [6.45, 7) is 1.27. The van der Waals surface area contributed by atoms with Crippen LogP contribution in [0.15, 0.2) is 48.5 Å². The molecule has 3 aromatic rings. The number of carbonyl (C=O) groups excluding carboxylic acids is 1. The van der Waals surface area contributed by atoms with Crippen LogP contribution in [0.4, 0.5) is 17.2 Å². The van der Waals surface area contributed by atoms with E-state index in [1.165, 1.54) is 6.21 Å². The topological polar surface area (TPSA) is 129 Å². The van der Waals surface area contributed by atoms with Crippen LogP contribution in [-0.4, -0.2) is 60.8 Å². The number of benzene rings is 2. The molecular weight excluding hydrogens is 454 g/mol. The Labute approximate surface area is 210 Å². The lowest BCUT2D eigenvalue weighted by molar-refractivity contribution is -0.123. The summed E-state index contributed by atoms with van der Waals surface area (Å²) in [5.74, 6) is 1.66. The van der Waals surface area contributed by atoms with Gasteiger partial charge in [-0.15, -0.1) is 0 Å². The van der Waals surface area contributed by atoms with Crippen LogP contribution in [-0.2, 0) is 11.2 Å². The van der Waals surface area contributed by atoms with Crippen molar-refractivity contribution in [3.63, 3.8) is 0 Å². The van der Waals surface area contributed by atoms with E-state index >= 15 is 0 Å². The fraction of sp³-hybridized carbons (Fsp3) is 0.259. The number of hydrogen-bond acceptors (Lipinski definition) is 8. The number of ether oxygens (including phenoxy) is 1. The molecule has 1 aliphatic rings. The number of carbonyl (C=O) groups is 1. The normalized spacial score (nSPS) is 12.2. The Morgan fingerprint density at radius 3 is 2.89 bits per heavy atom. The fourth-order valence-electron chi connectivity index (χ4n) is 3.80. The van der Waals surface area contributed by atoms with Gasteiger partial charge in [0.2, 0.25) is 0 Å². The highest BCUT2D eigenvalue weighted by atomic mass is 16.5. The highest BCUT2D eigenvalue weighted by molar-refractivity contribution is 5.87. The minimum absolute atomic E-state index is 0.0655. The van der Waals surface area contributed by atoms with Gasteiger partial charge < -0.3 is 31.4 Å². The maximum Gasteiger partial charge on any atom is 0.257 e. The summed E-state index contributed by atoms with van der Waals surface area (Å²) in [5.41, 5.74) is 10.6. The number of likely N-dealkylation sites (N-methyl/N-ethyl adjacent to an activating group) is 1. The monoisotopic (exact) mass is 485 g/mol. The SMILES string of the molecule is CN(C)CCNC(=O)COc1cccc(-c2nc3c(c(Nc4ccc(N)c(C=N)c4)n2)CCC=C3)c1. The second kappa shape index (κ2) is 11.5. The van der Waals surface area contributed by atoms with Crippen molar-refractivity contribution in [1.82, 2.24) is 20.2 Å². The van der Waals surface area contributed by atoms with Crippen LogP contribution >= 0.6 is 0 Å². The first-order valence-corrected chi connectivity index (χ1v) is 11.8. The Morgan fingerprint density at radius 1 is 1.22 bits per heavy atom. The van der Waals surface area contributed by atoms with E-state index < -0.39 is 0 Å². The molecule has 186 valence electrons. The zero-order valence-electron chi connectivity index (χ0n) is 20.5. The van der Waals surface area contributed by atoms with Gasteiger partial charge in [-0.2, -0.15) is 0 Å². The van der Waals surface area contributed by atoms with Crippen molar-refractivity contribution in [2.45, 2.75) is 12.8 Å². The molecule has 0 fully saturated rings. The third-order valence-electron chi connectivity index (χ3n) is 5.72. The Bertz CT molecular complexity index is 1290. The smallest absolute Gasteiger partial charge is 0.257 e. The molecule has 2 aromatic carbocycles. The molecule has 5 N–H and O–H groups in total. The molecule has 0 saturated carbocycles. The average Bonchev–Trinajstić information content (AvgIpc) is 2.88. The largest absolute Gasteiger partial charge is 0.484 e. The van der Waals surface area contributed by atoms with Crippen LogP contribution in [0.5, 0.6) is 5.75 Å². The molecule has 0 unspecified atom stereocenters. The summed E-state index contributed by atoms with van der Waals surface area (Å²) in [6.07, 6.45) is 7.09. The molecule has 0 atom stereocenters. The average molecular weight is 486 g/mol. The van der Waals surface area contributed by atoms with Gasteiger partial charge in [0.1, 0.15) is 11.6 Å². The van der Waals surface area contributed by atoms with Crippen LogP contribution in [0.25, 0.3) is 17.5 Å². The number of amides is 1. The third kappa shape index (κ3) is 6.25. The van der Waals surface area contributed by atoms with Crippen molar-refractivity contribution in [3.8, 4) is 17.1 Å². The highest BCUT2D eigenvalue weighted by Gasteiger charge is 2.17. The first-order valence-electron chi connectivity index (χ1n) is 11.8. The summed E-state index contributed by atoms with van der Waals surface area (Å²) < 4.78 is 5.72. The minimum atomic E-state index is -0.170. The minimum Gasteiger partial charge on any atom is -0.484 e. The number of hydrogen-bond donors (Lipinski definition) is 4. The summed E-state index contributed by atoms with van der Waals surface area (Å²) >= 11 is 0. The maximum absolute atomic E-state index is 12.1. The van der Waals surface area contributed by atoms with E-state index in [-0.39, 0.29) is 12.5 Å². The van der Waals surface area contributed by atoms with Gasteiger partial charge in [-0.05, 0) is 63.3 Å². The van der Waals surface area contributed by atoms with Crippen LogP contribution < -0.4 is 21.1 Å². The predicted octanol–water partition coefficient (Wildman–Crippen LogP) is 3.48. The molecular formula is C27H31N7O2. The number of allylic oxidation sites excluding steroid dienone is 1. The van der Waals surface area contributed by atoms with Gasteiger partial charge in [-0.1, -0.05) is 18.2 Å². The van der Waals surface area contributed by atoms with Crippen molar-refractivity contribution in [1.29, 1.82) is 5.41 Å². The molecule has 0 saturated heterocycles. The molecule has 0 radical (unpaired) electrons. The maximum atomic E-state index is 12.1. The molecule has 1 aromatic heterocycles. The number of aromatic nitrogens is 2. The molecule has 1 aliphatic carbocycles. The molecule has 4 rings (SSSR count). The van der Waals surface area contributed by atoms with Crippen LogP contribution in [0.2, 0.25) is 0 Å². The molecule has 36 heavy (non-hydrogen) atoms. The zero-order chi connectivity index (χ0) is 25.5. The quantitative estimate of drug-likeness (QED) is 0.256. The van der Waals surface area contributed by atoms with E-state index in [4.69, 9.17) is 25.8 Å². The number of fused-ring (bicyclic) bond motifs is 1. The van der Waals surface area contributed by atoms with E-state index in [0.29, 0.717) is 35.2 Å². The summed E-state index contributed by atoms with van der Waals surface area (Å²) in [6, 6.07) is 12.9. The number of anilines is 3. The molecule has 9 nitrogen and oxygen atoms in total. The first-order chi connectivity index (χ1) is 17.4. The molecule has 0 bridgehead atoms. The molecule has 1 amide bonds. The Morgan fingerprint density at radius 2 is 2.08 bits per heavy atom. The lowest BCUT2D eigenvalue weighted by Gasteiger charge is -2.18. The number of nitrogens with two attached hydrogens (primary N) is 1. The number of nitrogen functional groups attached to an aromatic ring is 1. The number of nitrogens with zero attached hydrogens (tertiary/aromatic N) is 3. The van der Waals surface area contributed by atoms with Gasteiger partial charge >= 0.3 is 0 Å². The lowest BCUT2D eigenvalue weighted by atomic mass is 10.0. The molecule has 0 aliphatic heterocycles. The van der Waals surface area contributed by atoms with E-state index in [1.54, 1.807) is 12.1 Å². The fourth-order valence-corrected chi connectivity index (χ4v) is 3.80. The summed E-state index contributed by atoms with van der Waals surface area (Å²) in [4.78, 5) is 23.7. The van der Waals surface area contributed by atoms with Gasteiger partial charge in [0, 0.05) is 47.4 Å². The third-order valence-corrected chi connectivity index (χ3v) is 5.72.